The van der Waals surface area contributed by atoms with Gasteiger partial charge in [-0.2, -0.15) is 0 Å². The summed E-state index contributed by atoms with van der Waals surface area (Å²) in [4.78, 5) is 0. The molecule has 1 fully saturated rings. The highest BCUT2D eigenvalue weighted by molar-refractivity contribution is 5.51. The monoisotopic (exact) mass is 314 g/mol. The van der Waals surface area contributed by atoms with Crippen molar-refractivity contribution in [3.8, 4) is 17.2 Å². The molecular weight excluding hydrogens is 292 g/mol. The number of ether oxygens (including phenoxy) is 5. The molecule has 2 N–H and O–H groups in total. The van der Waals surface area contributed by atoms with E-state index in [1.165, 1.54) is 0 Å². The van der Waals surface area contributed by atoms with Crippen LogP contribution < -0.4 is 14.2 Å². The summed E-state index contributed by atoms with van der Waals surface area (Å²) in [5.74, 6) is 1.62. The molecule has 2 rings (SSSR count). The Bertz CT molecular complexity index is 489. The molecule has 1 aliphatic rings. The van der Waals surface area contributed by atoms with Crippen LogP contribution in [0, 0.1) is 5.41 Å². The molecule has 0 saturated carbocycles. The number of rotatable bonds is 6. The average molecular weight is 314 g/mol. The second-order valence-electron chi connectivity index (χ2n) is 5.22. The molecule has 1 aliphatic heterocycles. The lowest BCUT2D eigenvalue weighted by Crippen LogP contribution is -2.44. The molecule has 0 bridgehead atoms. The van der Waals surface area contributed by atoms with E-state index in [9.17, 15) is 10.2 Å². The van der Waals surface area contributed by atoms with Crippen LogP contribution >= 0.6 is 0 Å². The van der Waals surface area contributed by atoms with Crippen molar-refractivity contribution in [1.29, 1.82) is 0 Å². The smallest absolute Gasteiger partial charge is 0.187 e. The quantitative estimate of drug-likeness (QED) is 0.800. The van der Waals surface area contributed by atoms with Crippen molar-refractivity contribution in [2.75, 3.05) is 47.8 Å². The lowest BCUT2D eigenvalue weighted by molar-refractivity contribution is -0.248. The highest BCUT2D eigenvalue weighted by Gasteiger charge is 2.37. The Morgan fingerprint density at radius 1 is 0.955 bits per heavy atom. The fourth-order valence-electron chi connectivity index (χ4n) is 2.24. The average Bonchev–Trinajstić information content (AvgIpc) is 2.60. The molecule has 0 spiro atoms. The van der Waals surface area contributed by atoms with Gasteiger partial charge in [-0.15, -0.1) is 0 Å². The fraction of sp³-hybridized carbons (Fsp3) is 0.600. The van der Waals surface area contributed by atoms with Gasteiger partial charge >= 0.3 is 0 Å². The summed E-state index contributed by atoms with van der Waals surface area (Å²) in [6, 6.07) is 3.42. The van der Waals surface area contributed by atoms with Crippen molar-refractivity contribution in [2.45, 2.75) is 6.29 Å². The minimum atomic E-state index is -0.777. The van der Waals surface area contributed by atoms with Crippen LogP contribution in [0.1, 0.15) is 11.9 Å². The summed E-state index contributed by atoms with van der Waals surface area (Å²) in [7, 11) is 4.62. The summed E-state index contributed by atoms with van der Waals surface area (Å²) >= 11 is 0. The van der Waals surface area contributed by atoms with E-state index in [1.807, 2.05) is 0 Å². The Morgan fingerprint density at radius 2 is 1.45 bits per heavy atom. The fourth-order valence-corrected chi connectivity index (χ4v) is 2.24. The molecule has 7 heteroatoms. The molecule has 22 heavy (non-hydrogen) atoms. The second-order valence-corrected chi connectivity index (χ2v) is 5.22. The van der Waals surface area contributed by atoms with Gasteiger partial charge in [0.1, 0.15) is 5.75 Å². The van der Waals surface area contributed by atoms with E-state index >= 15 is 0 Å². The number of hydrogen-bond acceptors (Lipinski definition) is 7. The normalized spacial score (nSPS) is 18.0. The molecule has 1 aromatic rings. The Balaban J connectivity index is 2.26. The summed E-state index contributed by atoms with van der Waals surface area (Å²) in [5.41, 5.74) is -0.120. The third-order valence-electron chi connectivity index (χ3n) is 3.74. The van der Waals surface area contributed by atoms with E-state index in [0.29, 0.717) is 22.8 Å². The van der Waals surface area contributed by atoms with Crippen LogP contribution in [0.5, 0.6) is 17.2 Å². The molecule has 1 heterocycles. The van der Waals surface area contributed by atoms with Crippen LogP contribution in [-0.2, 0) is 9.47 Å². The van der Waals surface area contributed by atoms with Crippen molar-refractivity contribution in [1.82, 2.24) is 0 Å². The summed E-state index contributed by atoms with van der Waals surface area (Å²) in [5, 5.41) is 18.7. The van der Waals surface area contributed by atoms with Crippen LogP contribution in [0.15, 0.2) is 12.1 Å². The maximum atomic E-state index is 9.37. The van der Waals surface area contributed by atoms with Gasteiger partial charge in [-0.05, 0) is 6.07 Å². The van der Waals surface area contributed by atoms with Crippen molar-refractivity contribution in [3.63, 3.8) is 0 Å². The van der Waals surface area contributed by atoms with Crippen LogP contribution in [0.3, 0.4) is 0 Å². The van der Waals surface area contributed by atoms with Crippen molar-refractivity contribution < 1.29 is 33.9 Å². The van der Waals surface area contributed by atoms with Gasteiger partial charge in [0.05, 0.1) is 58.7 Å². The first kappa shape index (κ1) is 16.8. The van der Waals surface area contributed by atoms with Gasteiger partial charge < -0.3 is 33.9 Å². The van der Waals surface area contributed by atoms with E-state index in [0.717, 1.165) is 0 Å². The van der Waals surface area contributed by atoms with Crippen molar-refractivity contribution in [2.24, 2.45) is 5.41 Å². The predicted octanol–water partition coefficient (Wildman–Crippen LogP) is 0.729. The Labute approximate surface area is 129 Å². The van der Waals surface area contributed by atoms with Crippen molar-refractivity contribution in [3.05, 3.63) is 17.7 Å². The largest absolute Gasteiger partial charge is 0.496 e. The summed E-state index contributed by atoms with van der Waals surface area (Å²) in [6.45, 7) is -0.0527. The zero-order valence-electron chi connectivity index (χ0n) is 13.0. The Morgan fingerprint density at radius 3 is 1.91 bits per heavy atom. The third-order valence-corrected chi connectivity index (χ3v) is 3.74. The zero-order valence-corrected chi connectivity index (χ0v) is 13.0. The second kappa shape index (κ2) is 7.15. The molecule has 1 saturated heterocycles. The minimum Gasteiger partial charge on any atom is -0.496 e. The molecule has 0 aliphatic carbocycles. The maximum Gasteiger partial charge on any atom is 0.187 e. The van der Waals surface area contributed by atoms with Gasteiger partial charge in [-0.3, -0.25) is 0 Å². The molecule has 7 nitrogen and oxygen atoms in total. The first-order valence-electron chi connectivity index (χ1n) is 6.88. The van der Waals surface area contributed by atoms with E-state index in [1.54, 1.807) is 33.5 Å². The third kappa shape index (κ3) is 3.12. The van der Waals surface area contributed by atoms with Gasteiger partial charge in [0, 0.05) is 6.07 Å². The van der Waals surface area contributed by atoms with Crippen LogP contribution in [0.25, 0.3) is 0 Å². The Kier molecular flexibility index (Phi) is 5.47. The summed E-state index contributed by atoms with van der Waals surface area (Å²) < 4.78 is 27.2. The number of hydrogen-bond donors (Lipinski definition) is 2. The maximum absolute atomic E-state index is 9.37. The van der Waals surface area contributed by atoms with Gasteiger partial charge in [0.25, 0.3) is 0 Å². The zero-order chi connectivity index (χ0) is 16.2. The van der Waals surface area contributed by atoms with Crippen LogP contribution in [-0.4, -0.2) is 58.0 Å². The molecule has 124 valence electrons. The van der Waals surface area contributed by atoms with Gasteiger partial charge in [-0.25, -0.2) is 0 Å². The molecule has 0 radical (unpaired) electrons. The Hall–Kier alpha value is -1.54. The van der Waals surface area contributed by atoms with Crippen LogP contribution in [0.2, 0.25) is 0 Å². The molecule has 0 atom stereocenters. The number of aliphatic hydroxyl groups is 2. The van der Waals surface area contributed by atoms with Gasteiger partial charge in [-0.1, -0.05) is 0 Å². The molecule has 0 aromatic heterocycles. The molecule has 1 aromatic carbocycles. The topological polar surface area (TPSA) is 86.6 Å². The van der Waals surface area contributed by atoms with Crippen molar-refractivity contribution >= 4 is 0 Å². The highest BCUT2D eigenvalue weighted by atomic mass is 16.7. The number of benzene rings is 1. The van der Waals surface area contributed by atoms with E-state index in [4.69, 9.17) is 23.7 Å². The number of aliphatic hydroxyl groups excluding tert-OH is 2. The minimum absolute atomic E-state index is 0.183. The van der Waals surface area contributed by atoms with Gasteiger partial charge in [0.2, 0.25) is 0 Å². The van der Waals surface area contributed by atoms with E-state index < -0.39 is 11.7 Å². The van der Waals surface area contributed by atoms with Gasteiger partial charge in [0.15, 0.2) is 17.8 Å². The SMILES string of the molecule is COc1cc(OC)c(C2OCC(CO)(CO)CO2)cc1OC. The van der Waals surface area contributed by atoms with E-state index in [2.05, 4.69) is 0 Å². The molecular formula is C15H22O7. The highest BCUT2D eigenvalue weighted by Crippen LogP contribution is 2.41. The lowest BCUT2D eigenvalue weighted by atomic mass is 9.91. The molecule has 0 unspecified atom stereocenters. The standard InChI is InChI=1S/C15H22O7/c1-18-11-5-13(20-3)12(19-2)4-10(11)14-21-8-15(6-16,7-17)9-22-14/h4-5,14,16-17H,6-9H2,1-3H3. The first-order valence-corrected chi connectivity index (χ1v) is 6.88. The molecule has 0 amide bonds. The van der Waals surface area contributed by atoms with Crippen LogP contribution in [0.4, 0.5) is 0 Å². The predicted molar refractivity (Wildman–Crippen MR) is 77.3 cm³/mol. The lowest BCUT2D eigenvalue weighted by Gasteiger charge is -2.37. The van der Waals surface area contributed by atoms with E-state index in [-0.39, 0.29) is 26.4 Å². The number of methoxy groups -OCH3 is 3. The summed E-state index contributed by atoms with van der Waals surface area (Å²) in [6.07, 6.45) is -0.666. The first-order chi connectivity index (χ1) is 10.6.